The van der Waals surface area contributed by atoms with Gasteiger partial charge in [-0.3, -0.25) is 9.69 Å². The molecule has 0 radical (unpaired) electrons. The number of primary amides is 1. The van der Waals surface area contributed by atoms with Crippen LogP contribution in [0.25, 0.3) is 0 Å². The van der Waals surface area contributed by atoms with Gasteiger partial charge in [0.1, 0.15) is 5.54 Å². The minimum Gasteiger partial charge on any atom is -0.373 e. The maximum absolute atomic E-state index is 11.7. The number of ether oxygens (including phenoxy) is 1. The highest BCUT2D eigenvalue weighted by atomic mass is 16.5. The molecule has 3 N–H and O–H groups in total. The molecular formula is C13H27N3O2. The summed E-state index contributed by atoms with van der Waals surface area (Å²) in [7, 11) is 0. The van der Waals surface area contributed by atoms with Crippen molar-refractivity contribution in [3.63, 3.8) is 0 Å². The lowest BCUT2D eigenvalue weighted by Crippen LogP contribution is -2.63. The fourth-order valence-electron chi connectivity index (χ4n) is 2.53. The highest BCUT2D eigenvalue weighted by Crippen LogP contribution is 2.18. The number of rotatable bonds is 5. The summed E-state index contributed by atoms with van der Waals surface area (Å²) in [5, 5.41) is 3.27. The third kappa shape index (κ3) is 4.23. The van der Waals surface area contributed by atoms with Crippen LogP contribution in [0.5, 0.6) is 0 Å². The fraction of sp³-hybridized carbons (Fsp3) is 0.923. The summed E-state index contributed by atoms with van der Waals surface area (Å²) in [6, 6.07) is 0.219. The van der Waals surface area contributed by atoms with Crippen molar-refractivity contribution in [1.82, 2.24) is 10.2 Å². The number of nitrogens with one attached hydrogen (secondary N) is 1. The van der Waals surface area contributed by atoms with Crippen LogP contribution in [0.4, 0.5) is 0 Å². The first kappa shape index (κ1) is 15.4. The Morgan fingerprint density at radius 2 is 2.17 bits per heavy atom. The molecule has 1 heterocycles. The van der Waals surface area contributed by atoms with Crippen molar-refractivity contribution in [3.8, 4) is 0 Å². The molecule has 0 saturated carbocycles. The van der Waals surface area contributed by atoms with E-state index in [4.69, 9.17) is 10.5 Å². The Hall–Kier alpha value is -0.650. The van der Waals surface area contributed by atoms with E-state index in [-0.39, 0.29) is 17.6 Å². The van der Waals surface area contributed by atoms with Crippen molar-refractivity contribution in [1.29, 1.82) is 0 Å². The average Bonchev–Trinajstić information content (AvgIpc) is 2.13. The van der Waals surface area contributed by atoms with Crippen LogP contribution in [-0.4, -0.2) is 54.2 Å². The number of nitrogens with zero attached hydrogens (tertiary/aromatic N) is 1. The first-order valence-electron chi connectivity index (χ1n) is 6.58. The largest absolute Gasteiger partial charge is 0.373 e. The summed E-state index contributed by atoms with van der Waals surface area (Å²) >= 11 is 0. The molecule has 0 aliphatic carbocycles. The van der Waals surface area contributed by atoms with Gasteiger partial charge in [-0.2, -0.15) is 0 Å². The molecule has 1 amide bonds. The molecule has 18 heavy (non-hydrogen) atoms. The molecule has 1 aliphatic rings. The summed E-state index contributed by atoms with van der Waals surface area (Å²) in [6.07, 6.45) is 0. The minimum atomic E-state index is -0.693. The maximum Gasteiger partial charge on any atom is 0.238 e. The average molecular weight is 257 g/mol. The molecule has 1 unspecified atom stereocenters. The molecular weight excluding hydrogens is 230 g/mol. The predicted octanol–water partition coefficient (Wildman–Crippen LogP) is 0.339. The van der Waals surface area contributed by atoms with E-state index in [2.05, 4.69) is 24.1 Å². The lowest BCUT2D eigenvalue weighted by atomic mass is 9.97. The molecule has 5 heteroatoms. The molecule has 1 aliphatic heterocycles. The van der Waals surface area contributed by atoms with Crippen molar-refractivity contribution in [2.45, 2.75) is 51.8 Å². The molecule has 1 fully saturated rings. The van der Waals surface area contributed by atoms with Gasteiger partial charge < -0.3 is 15.8 Å². The second kappa shape index (κ2) is 5.55. The molecule has 1 rings (SSSR count). The van der Waals surface area contributed by atoms with Gasteiger partial charge in [-0.05, 0) is 34.6 Å². The van der Waals surface area contributed by atoms with Crippen LogP contribution in [-0.2, 0) is 9.53 Å². The molecule has 0 aromatic rings. The minimum absolute atomic E-state index is 0.158. The van der Waals surface area contributed by atoms with Crippen LogP contribution < -0.4 is 11.1 Å². The molecule has 106 valence electrons. The maximum atomic E-state index is 11.7. The first-order valence-corrected chi connectivity index (χ1v) is 6.58. The first-order chi connectivity index (χ1) is 8.15. The number of amides is 1. The standard InChI is InChI=1S/C13H27N3O2/c1-10(2)15-13(5,11(14)17)9-16-6-7-18-12(3,4)8-16/h10,15H,6-9H2,1-5H3,(H2,14,17). The van der Waals surface area contributed by atoms with Crippen LogP contribution in [0, 0.1) is 0 Å². The van der Waals surface area contributed by atoms with Crippen LogP contribution in [0.15, 0.2) is 0 Å². The van der Waals surface area contributed by atoms with Gasteiger partial charge in [0, 0.05) is 25.7 Å². The molecule has 1 saturated heterocycles. The molecule has 1 atom stereocenters. The van der Waals surface area contributed by atoms with Crippen LogP contribution in [0.3, 0.4) is 0 Å². The van der Waals surface area contributed by atoms with Crippen molar-refractivity contribution < 1.29 is 9.53 Å². The summed E-state index contributed by atoms with van der Waals surface area (Å²) < 4.78 is 5.67. The van der Waals surface area contributed by atoms with Gasteiger partial charge in [0.05, 0.1) is 12.2 Å². The van der Waals surface area contributed by atoms with E-state index < -0.39 is 5.54 Å². The zero-order valence-corrected chi connectivity index (χ0v) is 12.2. The zero-order chi connectivity index (χ0) is 14.0. The Morgan fingerprint density at radius 3 is 2.61 bits per heavy atom. The summed E-state index contributed by atoms with van der Waals surface area (Å²) in [5.74, 6) is -0.305. The Kier molecular flexibility index (Phi) is 4.75. The Morgan fingerprint density at radius 1 is 1.56 bits per heavy atom. The lowest BCUT2D eigenvalue weighted by Gasteiger charge is -2.42. The molecule has 0 aromatic heterocycles. The third-order valence-electron chi connectivity index (χ3n) is 3.20. The predicted molar refractivity (Wildman–Crippen MR) is 72.3 cm³/mol. The van der Waals surface area contributed by atoms with Crippen molar-refractivity contribution in [2.24, 2.45) is 5.73 Å². The molecule has 0 spiro atoms. The van der Waals surface area contributed by atoms with Gasteiger partial charge in [-0.15, -0.1) is 0 Å². The second-order valence-corrected chi connectivity index (χ2v) is 6.31. The SMILES string of the molecule is CC(C)NC(C)(CN1CCOC(C)(C)C1)C(N)=O. The summed E-state index contributed by atoms with van der Waals surface area (Å²) in [6.45, 7) is 13.0. The van der Waals surface area contributed by atoms with Gasteiger partial charge in [-0.1, -0.05) is 0 Å². The Bertz CT molecular complexity index is 305. The number of carbonyl (C=O) groups is 1. The van der Waals surface area contributed by atoms with E-state index in [1.165, 1.54) is 0 Å². The van der Waals surface area contributed by atoms with Gasteiger partial charge in [0.2, 0.25) is 5.91 Å². The zero-order valence-electron chi connectivity index (χ0n) is 12.2. The van der Waals surface area contributed by atoms with E-state index in [1.807, 2.05) is 20.8 Å². The Labute approximate surface area is 110 Å². The van der Waals surface area contributed by atoms with Crippen LogP contribution in [0.2, 0.25) is 0 Å². The van der Waals surface area contributed by atoms with Crippen molar-refractivity contribution in [3.05, 3.63) is 0 Å². The van der Waals surface area contributed by atoms with E-state index in [0.29, 0.717) is 13.2 Å². The smallest absolute Gasteiger partial charge is 0.238 e. The number of hydrogen-bond acceptors (Lipinski definition) is 4. The van der Waals surface area contributed by atoms with E-state index in [0.717, 1.165) is 13.1 Å². The van der Waals surface area contributed by atoms with Gasteiger partial charge >= 0.3 is 0 Å². The normalized spacial score (nSPS) is 23.9. The van der Waals surface area contributed by atoms with Gasteiger partial charge in [-0.25, -0.2) is 0 Å². The summed E-state index contributed by atoms with van der Waals surface area (Å²) in [5.41, 5.74) is 4.69. The Balaban J connectivity index is 2.69. The second-order valence-electron chi connectivity index (χ2n) is 6.31. The van der Waals surface area contributed by atoms with Crippen molar-refractivity contribution >= 4 is 5.91 Å². The topological polar surface area (TPSA) is 67.6 Å². The van der Waals surface area contributed by atoms with Crippen LogP contribution in [0.1, 0.15) is 34.6 Å². The van der Waals surface area contributed by atoms with E-state index in [9.17, 15) is 4.79 Å². The molecule has 5 nitrogen and oxygen atoms in total. The van der Waals surface area contributed by atoms with Gasteiger partial charge in [0.25, 0.3) is 0 Å². The monoisotopic (exact) mass is 257 g/mol. The van der Waals surface area contributed by atoms with Gasteiger partial charge in [0.15, 0.2) is 0 Å². The highest BCUT2D eigenvalue weighted by molar-refractivity contribution is 5.84. The number of hydrogen-bond donors (Lipinski definition) is 2. The van der Waals surface area contributed by atoms with Crippen molar-refractivity contribution in [2.75, 3.05) is 26.2 Å². The van der Waals surface area contributed by atoms with E-state index in [1.54, 1.807) is 0 Å². The van der Waals surface area contributed by atoms with Crippen LogP contribution >= 0.6 is 0 Å². The third-order valence-corrected chi connectivity index (χ3v) is 3.20. The highest BCUT2D eigenvalue weighted by Gasteiger charge is 2.36. The lowest BCUT2D eigenvalue weighted by molar-refractivity contribution is -0.128. The number of carbonyl (C=O) groups excluding carboxylic acids is 1. The van der Waals surface area contributed by atoms with E-state index >= 15 is 0 Å². The molecule has 0 bridgehead atoms. The fourth-order valence-corrected chi connectivity index (χ4v) is 2.53. The number of nitrogens with two attached hydrogens (primary N) is 1. The quantitative estimate of drug-likeness (QED) is 0.745. The molecule has 0 aromatic carbocycles. The number of morpholine rings is 1. The summed E-state index contributed by atoms with van der Waals surface area (Å²) in [4.78, 5) is 13.9.